The molecule has 4 nitrogen and oxygen atoms in total. The third-order valence-electron chi connectivity index (χ3n) is 4.14. The molecule has 1 aliphatic rings. The molecule has 1 N–H and O–H groups in total. The molecule has 0 aromatic heterocycles. The van der Waals surface area contributed by atoms with E-state index < -0.39 is 0 Å². The van der Waals surface area contributed by atoms with Crippen LogP contribution in [-0.2, 0) is 11.2 Å². The molecule has 0 spiro atoms. The Bertz CT molecular complexity index is 732. The molecule has 0 aliphatic carbocycles. The lowest BCUT2D eigenvalue weighted by Gasteiger charge is -2.26. The van der Waals surface area contributed by atoms with Gasteiger partial charge in [0.15, 0.2) is 0 Å². The first kappa shape index (κ1) is 16.7. The Morgan fingerprint density at radius 3 is 2.83 bits per heavy atom. The van der Waals surface area contributed by atoms with Gasteiger partial charge in [0.1, 0.15) is 11.5 Å². The molecule has 1 atom stereocenters. The predicted octanol–water partition coefficient (Wildman–Crippen LogP) is 3.60. The van der Waals surface area contributed by atoms with E-state index in [4.69, 9.17) is 9.47 Å². The zero-order valence-electron chi connectivity index (χ0n) is 13.9. The zero-order valence-corrected chi connectivity index (χ0v) is 14.7. The van der Waals surface area contributed by atoms with Crippen LogP contribution in [0.4, 0.5) is 0 Å². The fraction of sp³-hybridized carbons (Fsp3) is 0.316. The normalized spacial score (nSPS) is 16.2. The molecule has 0 saturated heterocycles. The summed E-state index contributed by atoms with van der Waals surface area (Å²) in [7, 11) is 3.21. The van der Waals surface area contributed by atoms with Gasteiger partial charge in [0.25, 0.3) is 0 Å². The van der Waals surface area contributed by atoms with Gasteiger partial charge in [-0.2, -0.15) is 0 Å². The molecule has 5 heteroatoms. The lowest BCUT2D eigenvalue weighted by Crippen LogP contribution is -2.31. The van der Waals surface area contributed by atoms with Crippen molar-refractivity contribution in [2.75, 3.05) is 20.0 Å². The molecule has 24 heavy (non-hydrogen) atoms. The quantitative estimate of drug-likeness (QED) is 0.901. The molecular weight excluding hydrogens is 322 g/mol. The highest BCUT2D eigenvalue weighted by molar-refractivity contribution is 7.99. The van der Waals surface area contributed by atoms with Crippen LogP contribution >= 0.6 is 11.8 Å². The van der Waals surface area contributed by atoms with E-state index in [0.717, 1.165) is 17.7 Å². The number of nitrogens with one attached hydrogen (secondary N) is 1. The number of carbonyl (C=O) groups is 1. The third-order valence-corrected chi connectivity index (χ3v) is 5.26. The molecule has 2 aromatic carbocycles. The molecule has 1 aliphatic heterocycles. The number of rotatable bonds is 5. The van der Waals surface area contributed by atoms with Crippen molar-refractivity contribution < 1.29 is 14.3 Å². The molecule has 3 rings (SSSR count). The van der Waals surface area contributed by atoms with Gasteiger partial charge < -0.3 is 14.8 Å². The maximum Gasteiger partial charge on any atom is 0.225 e. The van der Waals surface area contributed by atoms with Crippen molar-refractivity contribution in [2.45, 2.75) is 23.8 Å². The first-order valence-corrected chi connectivity index (χ1v) is 8.92. The van der Waals surface area contributed by atoms with Crippen molar-refractivity contribution >= 4 is 17.7 Å². The monoisotopic (exact) mass is 343 g/mol. The second kappa shape index (κ2) is 7.62. The van der Waals surface area contributed by atoms with Crippen molar-refractivity contribution in [3.8, 4) is 11.5 Å². The van der Waals surface area contributed by atoms with Gasteiger partial charge in [0, 0.05) is 22.3 Å². The van der Waals surface area contributed by atoms with Gasteiger partial charge >= 0.3 is 0 Å². The molecule has 2 aromatic rings. The molecule has 126 valence electrons. The summed E-state index contributed by atoms with van der Waals surface area (Å²) in [4.78, 5) is 13.8. The van der Waals surface area contributed by atoms with Crippen LogP contribution in [0.5, 0.6) is 11.5 Å². The Kier molecular flexibility index (Phi) is 5.30. The Labute approximate surface area is 146 Å². The van der Waals surface area contributed by atoms with Gasteiger partial charge in [-0.25, -0.2) is 0 Å². The molecule has 0 bridgehead atoms. The summed E-state index contributed by atoms with van der Waals surface area (Å²) in [6.45, 7) is 0. The summed E-state index contributed by atoms with van der Waals surface area (Å²) < 4.78 is 10.6. The van der Waals surface area contributed by atoms with E-state index in [0.29, 0.717) is 17.9 Å². The van der Waals surface area contributed by atoms with Crippen LogP contribution in [0, 0.1) is 0 Å². The summed E-state index contributed by atoms with van der Waals surface area (Å²) in [6.07, 6.45) is 1.24. The number of amides is 1. The highest BCUT2D eigenvalue weighted by atomic mass is 32.2. The van der Waals surface area contributed by atoms with Gasteiger partial charge in [-0.3, -0.25) is 4.79 Å². The average Bonchev–Trinajstić information content (AvgIpc) is 2.62. The fourth-order valence-corrected chi connectivity index (χ4v) is 4.03. The highest BCUT2D eigenvalue weighted by Gasteiger charge is 2.22. The topological polar surface area (TPSA) is 47.6 Å². The molecular formula is C19H21NO3S. The number of carbonyl (C=O) groups excluding carboxylic acids is 1. The van der Waals surface area contributed by atoms with Crippen LogP contribution in [0.25, 0.3) is 0 Å². The van der Waals surface area contributed by atoms with Crippen molar-refractivity contribution in [3.63, 3.8) is 0 Å². The maximum absolute atomic E-state index is 12.5. The second-order valence-corrected chi connectivity index (χ2v) is 6.79. The SMILES string of the molecule is COc1ccc(CC(=O)NC2CCSc3ccccc32)c(OC)c1. The van der Waals surface area contributed by atoms with Crippen molar-refractivity contribution in [3.05, 3.63) is 53.6 Å². The zero-order chi connectivity index (χ0) is 16.9. The van der Waals surface area contributed by atoms with E-state index in [1.807, 2.05) is 36.0 Å². The minimum absolute atomic E-state index is 0.00479. The summed E-state index contributed by atoms with van der Waals surface area (Å²) in [5.41, 5.74) is 2.07. The van der Waals surface area contributed by atoms with Crippen LogP contribution in [0.1, 0.15) is 23.6 Å². The number of benzene rings is 2. The summed E-state index contributed by atoms with van der Waals surface area (Å²) in [6, 6.07) is 13.9. The van der Waals surface area contributed by atoms with Crippen molar-refractivity contribution in [2.24, 2.45) is 0 Å². The average molecular weight is 343 g/mol. The molecule has 0 fully saturated rings. The van der Waals surface area contributed by atoms with E-state index >= 15 is 0 Å². The number of ether oxygens (including phenoxy) is 2. The van der Waals surface area contributed by atoms with Gasteiger partial charge in [0.2, 0.25) is 5.91 Å². The minimum Gasteiger partial charge on any atom is -0.497 e. The number of hydrogen-bond donors (Lipinski definition) is 1. The minimum atomic E-state index is 0.00479. The lowest BCUT2D eigenvalue weighted by atomic mass is 10.0. The van der Waals surface area contributed by atoms with E-state index in [1.54, 1.807) is 20.3 Å². The van der Waals surface area contributed by atoms with Crippen LogP contribution in [-0.4, -0.2) is 25.9 Å². The summed E-state index contributed by atoms with van der Waals surface area (Å²) in [5, 5.41) is 3.16. The highest BCUT2D eigenvalue weighted by Crippen LogP contribution is 2.36. The molecule has 1 amide bonds. The first-order valence-electron chi connectivity index (χ1n) is 7.93. The van der Waals surface area contributed by atoms with E-state index in [1.165, 1.54) is 10.5 Å². The van der Waals surface area contributed by atoms with Crippen LogP contribution in [0.15, 0.2) is 47.4 Å². The standard InChI is InChI=1S/C19H21NO3S/c1-22-14-8-7-13(17(12-14)23-2)11-19(21)20-16-9-10-24-18-6-4-3-5-15(16)18/h3-8,12,16H,9-11H2,1-2H3,(H,20,21). The number of methoxy groups -OCH3 is 2. The predicted molar refractivity (Wildman–Crippen MR) is 95.9 cm³/mol. The smallest absolute Gasteiger partial charge is 0.225 e. The fourth-order valence-electron chi connectivity index (χ4n) is 2.91. The van der Waals surface area contributed by atoms with Gasteiger partial charge in [-0.15, -0.1) is 11.8 Å². The van der Waals surface area contributed by atoms with E-state index in [2.05, 4.69) is 17.4 Å². The largest absolute Gasteiger partial charge is 0.497 e. The Hall–Kier alpha value is -2.14. The Balaban J connectivity index is 1.71. The first-order chi connectivity index (χ1) is 11.7. The maximum atomic E-state index is 12.5. The molecule has 0 radical (unpaired) electrons. The number of hydrogen-bond acceptors (Lipinski definition) is 4. The number of thioether (sulfide) groups is 1. The second-order valence-electron chi connectivity index (χ2n) is 5.65. The van der Waals surface area contributed by atoms with E-state index in [-0.39, 0.29) is 11.9 Å². The lowest BCUT2D eigenvalue weighted by molar-refractivity contribution is -0.121. The summed E-state index contributed by atoms with van der Waals surface area (Å²) in [5.74, 6) is 2.41. The third kappa shape index (κ3) is 3.67. The molecule has 1 heterocycles. The van der Waals surface area contributed by atoms with Crippen LogP contribution in [0.2, 0.25) is 0 Å². The number of fused-ring (bicyclic) bond motifs is 1. The summed E-state index contributed by atoms with van der Waals surface area (Å²) >= 11 is 1.85. The molecule has 0 saturated carbocycles. The molecule has 1 unspecified atom stereocenters. The van der Waals surface area contributed by atoms with Crippen molar-refractivity contribution in [1.29, 1.82) is 0 Å². The van der Waals surface area contributed by atoms with Crippen LogP contribution in [0.3, 0.4) is 0 Å². The van der Waals surface area contributed by atoms with Gasteiger partial charge in [-0.05, 0) is 24.1 Å². The van der Waals surface area contributed by atoms with Gasteiger partial charge in [0.05, 0.1) is 26.7 Å². The van der Waals surface area contributed by atoms with Crippen LogP contribution < -0.4 is 14.8 Å². The van der Waals surface area contributed by atoms with E-state index in [9.17, 15) is 4.79 Å². The van der Waals surface area contributed by atoms with Gasteiger partial charge in [-0.1, -0.05) is 24.3 Å². The van der Waals surface area contributed by atoms with Crippen molar-refractivity contribution in [1.82, 2.24) is 5.32 Å². The Morgan fingerprint density at radius 1 is 1.21 bits per heavy atom. The Morgan fingerprint density at radius 2 is 2.04 bits per heavy atom.